The third-order valence-electron chi connectivity index (χ3n) is 4.71. The molecule has 0 radical (unpaired) electrons. The summed E-state index contributed by atoms with van der Waals surface area (Å²) in [5.41, 5.74) is 1.17. The molecule has 0 aliphatic rings. The fourth-order valence-corrected chi connectivity index (χ4v) is 3.18. The van der Waals surface area contributed by atoms with Gasteiger partial charge in [0, 0.05) is 0 Å². The highest BCUT2D eigenvalue weighted by Gasteiger charge is 2.13. The normalized spacial score (nSPS) is 11.1. The third-order valence-corrected chi connectivity index (χ3v) is 4.71. The lowest BCUT2D eigenvalue weighted by atomic mass is 10.1. The highest BCUT2D eigenvalue weighted by Crippen LogP contribution is 2.20. The number of esters is 1. The molecule has 2 rings (SSSR count). The smallest absolute Gasteiger partial charge is 0.326 e. The quantitative estimate of drug-likeness (QED) is 0.324. The molecule has 28 heavy (non-hydrogen) atoms. The summed E-state index contributed by atoms with van der Waals surface area (Å²) in [4.78, 5) is 24.4. The molecule has 0 atom stereocenters. The van der Waals surface area contributed by atoms with Crippen LogP contribution in [0.15, 0.2) is 12.7 Å². The Hall–Kier alpha value is -2.18. The van der Waals surface area contributed by atoms with Gasteiger partial charge in [-0.2, -0.15) is 4.98 Å². The fraction of sp³-hybridized carbons (Fsp3) is 0.714. The van der Waals surface area contributed by atoms with Gasteiger partial charge >= 0.3 is 5.97 Å². The van der Waals surface area contributed by atoms with E-state index in [1.54, 1.807) is 17.8 Å². The molecule has 0 aliphatic heterocycles. The first-order valence-corrected chi connectivity index (χ1v) is 10.7. The van der Waals surface area contributed by atoms with Crippen molar-refractivity contribution < 1.29 is 14.3 Å². The highest BCUT2D eigenvalue weighted by molar-refractivity contribution is 5.78. The first kappa shape index (κ1) is 22.1. The first-order chi connectivity index (χ1) is 13.8. The summed E-state index contributed by atoms with van der Waals surface area (Å²) >= 11 is 0. The van der Waals surface area contributed by atoms with Crippen LogP contribution in [0.5, 0.6) is 5.88 Å². The minimum absolute atomic E-state index is 0.0826. The van der Waals surface area contributed by atoms with E-state index in [4.69, 9.17) is 9.47 Å². The Morgan fingerprint density at radius 3 is 2.29 bits per heavy atom. The molecule has 0 fully saturated rings. The number of carbonyl (C=O) groups is 1. The van der Waals surface area contributed by atoms with Crippen molar-refractivity contribution in [1.29, 1.82) is 0 Å². The molecule has 0 unspecified atom stereocenters. The lowest BCUT2D eigenvalue weighted by molar-refractivity contribution is -0.143. The monoisotopic (exact) mass is 390 g/mol. The van der Waals surface area contributed by atoms with Crippen LogP contribution >= 0.6 is 0 Å². The number of unbranched alkanes of at least 4 members (excludes halogenated alkanes) is 9. The molecule has 0 aliphatic carbocycles. The van der Waals surface area contributed by atoms with E-state index in [1.807, 2.05) is 0 Å². The fourth-order valence-electron chi connectivity index (χ4n) is 3.18. The van der Waals surface area contributed by atoms with E-state index in [0.717, 1.165) is 6.42 Å². The molecule has 2 aromatic rings. The van der Waals surface area contributed by atoms with E-state index in [1.165, 1.54) is 64.1 Å². The van der Waals surface area contributed by atoms with Gasteiger partial charge in [-0.05, 0) is 13.3 Å². The topological polar surface area (TPSA) is 79.1 Å². The predicted molar refractivity (Wildman–Crippen MR) is 109 cm³/mol. The lowest BCUT2D eigenvalue weighted by Gasteiger charge is -2.06. The molecule has 156 valence electrons. The lowest BCUT2D eigenvalue weighted by Crippen LogP contribution is -2.13. The van der Waals surface area contributed by atoms with Crippen molar-refractivity contribution in [3.05, 3.63) is 12.7 Å². The summed E-state index contributed by atoms with van der Waals surface area (Å²) in [6.45, 7) is 5.09. The molecule has 0 spiro atoms. The molecular weight excluding hydrogens is 356 g/mol. The molecule has 0 saturated heterocycles. The van der Waals surface area contributed by atoms with Crippen molar-refractivity contribution in [2.45, 2.75) is 84.6 Å². The Morgan fingerprint density at radius 1 is 0.929 bits per heavy atom. The Labute approximate surface area is 167 Å². The van der Waals surface area contributed by atoms with Gasteiger partial charge in [0.15, 0.2) is 11.2 Å². The van der Waals surface area contributed by atoms with Crippen LogP contribution < -0.4 is 4.74 Å². The van der Waals surface area contributed by atoms with Gasteiger partial charge < -0.3 is 14.0 Å². The SMILES string of the molecule is CCCCCCCCCCCCOc1ncnc2c1ncn2CC(=O)OCC. The summed E-state index contributed by atoms with van der Waals surface area (Å²) in [7, 11) is 0. The van der Waals surface area contributed by atoms with Crippen molar-refractivity contribution in [3.8, 4) is 5.88 Å². The zero-order valence-corrected chi connectivity index (χ0v) is 17.4. The number of hydrogen-bond acceptors (Lipinski definition) is 6. The number of imidazole rings is 1. The van der Waals surface area contributed by atoms with Gasteiger partial charge in [-0.15, -0.1) is 0 Å². The molecule has 2 aromatic heterocycles. The number of rotatable bonds is 15. The van der Waals surface area contributed by atoms with Gasteiger partial charge in [0.1, 0.15) is 12.9 Å². The van der Waals surface area contributed by atoms with Crippen LogP contribution in [0.25, 0.3) is 11.2 Å². The zero-order chi connectivity index (χ0) is 20.0. The van der Waals surface area contributed by atoms with Crippen LogP contribution in [0.1, 0.15) is 78.1 Å². The second-order valence-corrected chi connectivity index (χ2v) is 7.06. The number of hydrogen-bond donors (Lipinski definition) is 0. The van der Waals surface area contributed by atoms with E-state index < -0.39 is 0 Å². The number of nitrogens with zero attached hydrogens (tertiary/aromatic N) is 4. The minimum atomic E-state index is -0.312. The van der Waals surface area contributed by atoms with Crippen LogP contribution in [-0.2, 0) is 16.1 Å². The van der Waals surface area contributed by atoms with Gasteiger partial charge in [0.25, 0.3) is 0 Å². The Kier molecular flexibility index (Phi) is 10.3. The van der Waals surface area contributed by atoms with E-state index in [-0.39, 0.29) is 12.5 Å². The van der Waals surface area contributed by atoms with E-state index in [9.17, 15) is 4.79 Å². The Bertz CT molecular complexity index is 702. The predicted octanol–water partition coefficient (Wildman–Crippen LogP) is 4.69. The van der Waals surface area contributed by atoms with Crippen LogP contribution in [0.4, 0.5) is 0 Å². The summed E-state index contributed by atoms with van der Waals surface area (Å²) in [5.74, 6) is 0.164. The maximum Gasteiger partial charge on any atom is 0.326 e. The Balaban J connectivity index is 1.67. The molecule has 0 aromatic carbocycles. The van der Waals surface area contributed by atoms with Crippen LogP contribution in [0.2, 0.25) is 0 Å². The molecule has 7 heteroatoms. The van der Waals surface area contributed by atoms with E-state index >= 15 is 0 Å². The van der Waals surface area contributed by atoms with Gasteiger partial charge in [-0.25, -0.2) is 9.97 Å². The van der Waals surface area contributed by atoms with Gasteiger partial charge in [-0.3, -0.25) is 4.79 Å². The molecule has 0 saturated carbocycles. The summed E-state index contributed by atoms with van der Waals surface area (Å²) in [5, 5.41) is 0. The molecule has 0 bridgehead atoms. The first-order valence-electron chi connectivity index (χ1n) is 10.7. The van der Waals surface area contributed by atoms with Crippen LogP contribution in [0.3, 0.4) is 0 Å². The van der Waals surface area contributed by atoms with Crippen LogP contribution in [0, 0.1) is 0 Å². The van der Waals surface area contributed by atoms with E-state index in [0.29, 0.717) is 30.3 Å². The molecule has 2 heterocycles. The molecule has 0 amide bonds. The highest BCUT2D eigenvalue weighted by atomic mass is 16.5. The standard InChI is InChI=1S/C21H34N4O3/c1-3-5-6-7-8-9-10-11-12-13-14-28-21-19-20(22-16-23-21)25(17-24-19)15-18(26)27-4-2/h16-17H,3-15H2,1-2H3. The molecule has 0 N–H and O–H groups in total. The molecule has 7 nitrogen and oxygen atoms in total. The minimum Gasteiger partial charge on any atom is -0.476 e. The Morgan fingerprint density at radius 2 is 1.61 bits per heavy atom. The van der Waals surface area contributed by atoms with E-state index in [2.05, 4.69) is 21.9 Å². The van der Waals surface area contributed by atoms with Gasteiger partial charge in [-0.1, -0.05) is 64.7 Å². The van der Waals surface area contributed by atoms with Crippen LogP contribution in [-0.4, -0.2) is 38.7 Å². The van der Waals surface area contributed by atoms with Crippen molar-refractivity contribution in [2.75, 3.05) is 13.2 Å². The summed E-state index contributed by atoms with van der Waals surface area (Å²) in [6, 6.07) is 0. The number of fused-ring (bicyclic) bond motifs is 1. The average Bonchev–Trinajstić information content (AvgIpc) is 3.10. The third kappa shape index (κ3) is 7.44. The van der Waals surface area contributed by atoms with Crippen molar-refractivity contribution in [2.24, 2.45) is 0 Å². The number of carbonyl (C=O) groups excluding carboxylic acids is 1. The summed E-state index contributed by atoms with van der Waals surface area (Å²) < 4.78 is 12.4. The van der Waals surface area contributed by atoms with Crippen molar-refractivity contribution in [1.82, 2.24) is 19.5 Å². The van der Waals surface area contributed by atoms with Crippen molar-refractivity contribution >= 4 is 17.1 Å². The second kappa shape index (κ2) is 13.1. The largest absolute Gasteiger partial charge is 0.476 e. The van der Waals surface area contributed by atoms with Gasteiger partial charge in [0.2, 0.25) is 5.88 Å². The summed E-state index contributed by atoms with van der Waals surface area (Å²) in [6.07, 6.45) is 15.9. The number of ether oxygens (including phenoxy) is 2. The maximum atomic E-state index is 11.7. The zero-order valence-electron chi connectivity index (χ0n) is 17.4. The van der Waals surface area contributed by atoms with Crippen molar-refractivity contribution in [3.63, 3.8) is 0 Å². The molecular formula is C21H34N4O3. The maximum absolute atomic E-state index is 11.7. The second-order valence-electron chi connectivity index (χ2n) is 7.06. The number of aromatic nitrogens is 4. The van der Waals surface area contributed by atoms with Gasteiger partial charge in [0.05, 0.1) is 19.5 Å². The average molecular weight is 391 g/mol.